The van der Waals surface area contributed by atoms with Gasteiger partial charge in [-0.05, 0) is 41.8 Å². The van der Waals surface area contributed by atoms with Crippen LogP contribution in [0.1, 0.15) is 29.8 Å². The molecule has 0 fully saturated rings. The second-order valence-corrected chi connectivity index (χ2v) is 8.25. The van der Waals surface area contributed by atoms with Crippen LogP contribution in [0.4, 0.5) is 5.69 Å². The van der Waals surface area contributed by atoms with Gasteiger partial charge in [0.05, 0.1) is 10.6 Å². The van der Waals surface area contributed by atoms with Crippen molar-refractivity contribution in [3.05, 3.63) is 83.1 Å². The van der Waals surface area contributed by atoms with E-state index >= 15 is 0 Å². The van der Waals surface area contributed by atoms with Crippen LogP contribution in [0.5, 0.6) is 0 Å². The first-order chi connectivity index (χ1) is 15.8. The summed E-state index contributed by atoms with van der Waals surface area (Å²) in [6, 6.07) is 14.9. The molecule has 3 N–H and O–H groups in total. The van der Waals surface area contributed by atoms with Crippen LogP contribution in [0.3, 0.4) is 0 Å². The second-order valence-electron chi connectivity index (χ2n) is 7.84. The van der Waals surface area contributed by atoms with Crippen molar-refractivity contribution in [2.75, 3.05) is 5.32 Å². The summed E-state index contributed by atoms with van der Waals surface area (Å²) in [5, 5.41) is 12.8. The van der Waals surface area contributed by atoms with E-state index in [4.69, 9.17) is 11.6 Å². The molecule has 0 aliphatic heterocycles. The van der Waals surface area contributed by atoms with Gasteiger partial charge < -0.3 is 16.0 Å². The quantitative estimate of drug-likeness (QED) is 0.449. The molecular weight excluding hydrogens is 442 g/mol. The van der Waals surface area contributed by atoms with E-state index in [0.29, 0.717) is 16.3 Å². The van der Waals surface area contributed by atoms with Crippen LogP contribution in [0.15, 0.2) is 67.0 Å². The highest BCUT2D eigenvalue weighted by Crippen LogP contribution is 2.16. The van der Waals surface area contributed by atoms with Crippen molar-refractivity contribution < 1.29 is 14.4 Å². The molecule has 0 spiro atoms. The Morgan fingerprint density at radius 1 is 1.06 bits per heavy atom. The zero-order valence-electron chi connectivity index (χ0n) is 18.4. The van der Waals surface area contributed by atoms with Gasteiger partial charge in [0.1, 0.15) is 12.6 Å². The number of halogens is 1. The normalized spacial score (nSPS) is 11.6. The number of carbonyl (C=O) groups excluding carboxylic acids is 3. The maximum Gasteiger partial charge on any atom is 0.253 e. The van der Waals surface area contributed by atoms with E-state index in [0.717, 1.165) is 5.56 Å². The summed E-state index contributed by atoms with van der Waals surface area (Å²) in [7, 11) is 0. The number of anilines is 1. The van der Waals surface area contributed by atoms with Gasteiger partial charge in [-0.2, -0.15) is 5.10 Å². The Morgan fingerprint density at radius 2 is 1.85 bits per heavy atom. The highest BCUT2D eigenvalue weighted by Gasteiger charge is 2.25. The van der Waals surface area contributed by atoms with Gasteiger partial charge in [-0.3, -0.25) is 19.1 Å². The minimum absolute atomic E-state index is 0.106. The number of rotatable bonds is 9. The van der Waals surface area contributed by atoms with Crippen molar-refractivity contribution in [1.82, 2.24) is 20.4 Å². The minimum Gasteiger partial charge on any atom is -0.350 e. The molecular formula is C24H26ClN5O3. The summed E-state index contributed by atoms with van der Waals surface area (Å²) in [6.45, 7) is 4.06. The molecule has 3 aromatic rings. The molecule has 1 heterocycles. The standard InChI is InChI=1S/C24H26ClN5O3/c1-16(2)22(29-23(32)19-9-3-4-10-20(19)25)24(33)26-14-17-7-5-8-18(13-17)28-21(31)15-30-12-6-11-27-30/h3-13,16,22H,14-15H2,1-2H3,(H,26,33)(H,28,31)(H,29,32). The van der Waals surface area contributed by atoms with Crippen LogP contribution in [-0.4, -0.2) is 33.5 Å². The Hall–Kier alpha value is -3.65. The van der Waals surface area contributed by atoms with Gasteiger partial charge in [0.15, 0.2) is 0 Å². The number of benzene rings is 2. The van der Waals surface area contributed by atoms with E-state index in [9.17, 15) is 14.4 Å². The lowest BCUT2D eigenvalue weighted by Crippen LogP contribution is -2.49. The van der Waals surface area contributed by atoms with Crippen molar-refractivity contribution in [3.8, 4) is 0 Å². The Balaban J connectivity index is 1.57. The summed E-state index contributed by atoms with van der Waals surface area (Å²) in [5.41, 5.74) is 1.74. The molecule has 1 aromatic heterocycles. The molecule has 0 bridgehead atoms. The molecule has 9 heteroatoms. The maximum absolute atomic E-state index is 12.8. The van der Waals surface area contributed by atoms with Gasteiger partial charge in [0.2, 0.25) is 11.8 Å². The fourth-order valence-electron chi connectivity index (χ4n) is 3.20. The molecule has 2 aromatic carbocycles. The van der Waals surface area contributed by atoms with Crippen molar-refractivity contribution >= 4 is 35.0 Å². The summed E-state index contributed by atoms with van der Waals surface area (Å²) < 4.78 is 1.53. The highest BCUT2D eigenvalue weighted by molar-refractivity contribution is 6.33. The molecule has 0 saturated carbocycles. The van der Waals surface area contributed by atoms with Crippen LogP contribution < -0.4 is 16.0 Å². The van der Waals surface area contributed by atoms with Crippen LogP contribution >= 0.6 is 11.6 Å². The zero-order valence-corrected chi connectivity index (χ0v) is 19.2. The smallest absolute Gasteiger partial charge is 0.253 e. The van der Waals surface area contributed by atoms with Crippen molar-refractivity contribution in [2.24, 2.45) is 5.92 Å². The van der Waals surface area contributed by atoms with Gasteiger partial charge in [-0.15, -0.1) is 0 Å². The predicted molar refractivity (Wildman–Crippen MR) is 127 cm³/mol. The molecule has 172 valence electrons. The van der Waals surface area contributed by atoms with Crippen molar-refractivity contribution in [2.45, 2.75) is 33.0 Å². The van der Waals surface area contributed by atoms with Gasteiger partial charge >= 0.3 is 0 Å². The third kappa shape index (κ3) is 6.92. The Kier molecular flexibility index (Phi) is 8.21. The lowest BCUT2D eigenvalue weighted by Gasteiger charge is -2.22. The number of hydrogen-bond donors (Lipinski definition) is 3. The predicted octanol–water partition coefficient (Wildman–Crippen LogP) is 3.25. The Morgan fingerprint density at radius 3 is 2.55 bits per heavy atom. The summed E-state index contributed by atoms with van der Waals surface area (Å²) in [4.78, 5) is 37.6. The number of nitrogens with one attached hydrogen (secondary N) is 3. The van der Waals surface area contributed by atoms with E-state index in [1.54, 1.807) is 60.9 Å². The van der Waals surface area contributed by atoms with Gasteiger partial charge in [-0.1, -0.05) is 49.7 Å². The number of carbonyl (C=O) groups is 3. The first kappa shape index (κ1) is 24.0. The van der Waals surface area contributed by atoms with Gasteiger partial charge in [0, 0.05) is 24.6 Å². The lowest BCUT2D eigenvalue weighted by atomic mass is 10.0. The number of amides is 3. The zero-order chi connectivity index (χ0) is 23.8. The molecule has 1 unspecified atom stereocenters. The fraction of sp³-hybridized carbons (Fsp3) is 0.250. The van der Waals surface area contributed by atoms with Crippen LogP contribution in [0, 0.1) is 5.92 Å². The second kappa shape index (κ2) is 11.3. The third-order valence-electron chi connectivity index (χ3n) is 4.90. The largest absolute Gasteiger partial charge is 0.350 e. The van der Waals surface area contributed by atoms with E-state index in [1.165, 1.54) is 4.68 Å². The molecule has 1 atom stereocenters. The third-order valence-corrected chi connectivity index (χ3v) is 5.23. The first-order valence-electron chi connectivity index (χ1n) is 10.5. The first-order valence-corrected chi connectivity index (χ1v) is 10.9. The number of nitrogens with zero attached hydrogens (tertiary/aromatic N) is 2. The SMILES string of the molecule is CC(C)C(NC(=O)c1ccccc1Cl)C(=O)NCc1cccc(NC(=O)Cn2cccn2)c1. The molecule has 3 amide bonds. The maximum atomic E-state index is 12.8. The van der Waals surface area contributed by atoms with E-state index < -0.39 is 11.9 Å². The summed E-state index contributed by atoms with van der Waals surface area (Å²) >= 11 is 6.10. The molecule has 0 radical (unpaired) electrons. The van der Waals surface area contributed by atoms with Crippen LogP contribution in [0.2, 0.25) is 5.02 Å². The Labute approximate surface area is 197 Å². The van der Waals surface area contributed by atoms with Gasteiger partial charge in [-0.25, -0.2) is 0 Å². The molecule has 0 saturated heterocycles. The number of aromatic nitrogens is 2. The van der Waals surface area contributed by atoms with E-state index in [1.807, 2.05) is 19.9 Å². The average molecular weight is 468 g/mol. The van der Waals surface area contributed by atoms with Crippen molar-refractivity contribution in [3.63, 3.8) is 0 Å². The van der Waals surface area contributed by atoms with Crippen LogP contribution in [-0.2, 0) is 22.7 Å². The molecule has 3 rings (SSSR count). The highest BCUT2D eigenvalue weighted by atomic mass is 35.5. The summed E-state index contributed by atoms with van der Waals surface area (Å²) in [6.07, 6.45) is 3.32. The monoisotopic (exact) mass is 467 g/mol. The van der Waals surface area contributed by atoms with Crippen LogP contribution in [0.25, 0.3) is 0 Å². The lowest BCUT2D eigenvalue weighted by molar-refractivity contribution is -0.124. The molecule has 0 aliphatic carbocycles. The van der Waals surface area contributed by atoms with E-state index in [2.05, 4.69) is 21.0 Å². The van der Waals surface area contributed by atoms with Crippen molar-refractivity contribution in [1.29, 1.82) is 0 Å². The molecule has 33 heavy (non-hydrogen) atoms. The Bertz CT molecular complexity index is 1110. The minimum atomic E-state index is -0.731. The molecule has 8 nitrogen and oxygen atoms in total. The number of hydrogen-bond acceptors (Lipinski definition) is 4. The topological polar surface area (TPSA) is 105 Å². The average Bonchev–Trinajstić information content (AvgIpc) is 3.29. The van der Waals surface area contributed by atoms with Gasteiger partial charge in [0.25, 0.3) is 5.91 Å². The molecule has 0 aliphatic rings. The summed E-state index contributed by atoms with van der Waals surface area (Å²) in [5.74, 6) is -1.05. The van der Waals surface area contributed by atoms with E-state index in [-0.39, 0.29) is 30.8 Å². The fourth-order valence-corrected chi connectivity index (χ4v) is 3.42.